The summed E-state index contributed by atoms with van der Waals surface area (Å²) in [6.07, 6.45) is 10.1. The first-order chi connectivity index (χ1) is 13.5. The molecule has 2 aliphatic carbocycles. The molecular formula is C23H32O6. The Labute approximate surface area is 172 Å². The third-order valence-electron chi connectivity index (χ3n) is 6.89. The van der Waals surface area contributed by atoms with Crippen molar-refractivity contribution in [1.29, 1.82) is 0 Å². The quantitative estimate of drug-likeness (QED) is 0.317. The fraction of sp³-hybridized carbons (Fsp3) is 0.652. The van der Waals surface area contributed by atoms with Crippen LogP contribution in [0, 0.1) is 16.7 Å². The van der Waals surface area contributed by atoms with Crippen LogP contribution < -0.4 is 0 Å². The van der Waals surface area contributed by atoms with E-state index >= 15 is 0 Å². The van der Waals surface area contributed by atoms with Crippen molar-refractivity contribution in [3.8, 4) is 0 Å². The molecule has 6 nitrogen and oxygen atoms in total. The lowest BCUT2D eigenvalue weighted by Gasteiger charge is -2.59. The Balaban J connectivity index is 1.87. The lowest BCUT2D eigenvalue weighted by Crippen LogP contribution is -2.65. The fourth-order valence-corrected chi connectivity index (χ4v) is 5.61. The maximum Gasteiger partial charge on any atom is 0.343 e. The van der Waals surface area contributed by atoms with Gasteiger partial charge in [-0.15, -0.1) is 0 Å². The zero-order valence-electron chi connectivity index (χ0n) is 17.7. The van der Waals surface area contributed by atoms with E-state index in [0.29, 0.717) is 18.4 Å². The number of carbonyl (C=O) groups is 2. The molecule has 6 heteroatoms. The van der Waals surface area contributed by atoms with Gasteiger partial charge in [-0.2, -0.15) is 0 Å². The van der Waals surface area contributed by atoms with Gasteiger partial charge in [0.1, 0.15) is 12.7 Å². The van der Waals surface area contributed by atoms with Gasteiger partial charge in [0.25, 0.3) is 0 Å². The highest BCUT2D eigenvalue weighted by molar-refractivity contribution is 5.88. The summed E-state index contributed by atoms with van der Waals surface area (Å²) in [5.74, 6) is -1.29. The molecule has 3 aliphatic rings. The highest BCUT2D eigenvalue weighted by Crippen LogP contribution is 2.63. The molecule has 160 valence electrons. The van der Waals surface area contributed by atoms with Crippen LogP contribution in [0.25, 0.3) is 0 Å². The van der Waals surface area contributed by atoms with Crippen LogP contribution in [-0.4, -0.2) is 46.6 Å². The van der Waals surface area contributed by atoms with E-state index in [4.69, 9.17) is 9.47 Å². The molecule has 0 aromatic rings. The summed E-state index contributed by atoms with van der Waals surface area (Å²) in [6, 6.07) is 0. The van der Waals surface area contributed by atoms with E-state index < -0.39 is 35.2 Å². The third-order valence-corrected chi connectivity index (χ3v) is 6.89. The van der Waals surface area contributed by atoms with Crippen LogP contribution in [0.5, 0.6) is 0 Å². The van der Waals surface area contributed by atoms with Crippen molar-refractivity contribution < 1.29 is 29.3 Å². The minimum atomic E-state index is -1.65. The molecule has 0 bridgehead atoms. The van der Waals surface area contributed by atoms with E-state index in [1.54, 1.807) is 31.2 Å². The molecule has 0 aromatic carbocycles. The molecule has 1 saturated carbocycles. The molecule has 0 radical (unpaired) electrons. The zero-order chi connectivity index (χ0) is 21.4. The first kappa shape index (κ1) is 21.8. The van der Waals surface area contributed by atoms with E-state index in [1.165, 1.54) is 6.08 Å². The second-order valence-corrected chi connectivity index (χ2v) is 9.49. The number of ether oxygens (including phenoxy) is 2. The summed E-state index contributed by atoms with van der Waals surface area (Å²) in [4.78, 5) is 25.0. The molecule has 1 heterocycles. The van der Waals surface area contributed by atoms with Crippen LogP contribution in [0.4, 0.5) is 0 Å². The molecule has 0 aromatic heterocycles. The van der Waals surface area contributed by atoms with Gasteiger partial charge >= 0.3 is 11.9 Å². The summed E-state index contributed by atoms with van der Waals surface area (Å²) in [6.45, 7) is 7.86. The number of allylic oxidation sites excluding steroid dienone is 2. The number of carbonyl (C=O) groups excluding carboxylic acids is 2. The van der Waals surface area contributed by atoms with Gasteiger partial charge in [0.15, 0.2) is 5.60 Å². The van der Waals surface area contributed by atoms with Gasteiger partial charge in [-0.05, 0) is 37.7 Å². The van der Waals surface area contributed by atoms with Crippen LogP contribution in [-0.2, 0) is 19.1 Å². The summed E-state index contributed by atoms with van der Waals surface area (Å²) in [5.41, 5.74) is -2.15. The second-order valence-electron chi connectivity index (χ2n) is 9.49. The predicted molar refractivity (Wildman–Crippen MR) is 108 cm³/mol. The molecule has 0 amide bonds. The number of aliphatic hydroxyl groups excluding tert-OH is 1. The number of cyclic esters (lactones) is 1. The predicted octanol–water partition coefficient (Wildman–Crippen LogP) is 2.84. The molecule has 1 saturated heterocycles. The Kier molecular flexibility index (Phi) is 5.80. The number of aliphatic hydroxyl groups is 2. The normalized spacial score (nSPS) is 37.0. The third kappa shape index (κ3) is 3.68. The molecule has 2 fully saturated rings. The average Bonchev–Trinajstić information content (AvgIpc) is 2.90. The van der Waals surface area contributed by atoms with Crippen molar-refractivity contribution in [3.05, 3.63) is 36.0 Å². The van der Waals surface area contributed by atoms with Gasteiger partial charge in [-0.1, -0.05) is 45.4 Å². The monoisotopic (exact) mass is 404 g/mol. The lowest BCUT2D eigenvalue weighted by molar-refractivity contribution is -0.194. The molecule has 1 unspecified atom stereocenters. The second kappa shape index (κ2) is 7.73. The Hall–Kier alpha value is -1.92. The largest absolute Gasteiger partial charge is 0.459 e. The van der Waals surface area contributed by atoms with E-state index in [9.17, 15) is 19.8 Å². The number of hydrogen-bond acceptors (Lipinski definition) is 6. The minimum absolute atomic E-state index is 0.0318. The number of rotatable bonds is 5. The van der Waals surface area contributed by atoms with Gasteiger partial charge in [0, 0.05) is 23.0 Å². The summed E-state index contributed by atoms with van der Waals surface area (Å²) >= 11 is 0. The first-order valence-electron chi connectivity index (χ1n) is 10.3. The molecule has 2 N–H and O–H groups in total. The smallest absolute Gasteiger partial charge is 0.343 e. The minimum Gasteiger partial charge on any atom is -0.459 e. The van der Waals surface area contributed by atoms with Crippen LogP contribution in [0.15, 0.2) is 36.0 Å². The Morgan fingerprint density at radius 1 is 1.34 bits per heavy atom. The topological polar surface area (TPSA) is 93.1 Å². The number of hydrogen-bond donors (Lipinski definition) is 2. The lowest BCUT2D eigenvalue weighted by atomic mass is 9.46. The average molecular weight is 405 g/mol. The van der Waals surface area contributed by atoms with Crippen molar-refractivity contribution in [2.45, 2.75) is 71.2 Å². The van der Waals surface area contributed by atoms with Gasteiger partial charge < -0.3 is 19.7 Å². The number of esters is 2. The van der Waals surface area contributed by atoms with Crippen LogP contribution >= 0.6 is 0 Å². The molecule has 0 spiro atoms. The number of fused-ring (bicyclic) bond motifs is 3. The molecule has 29 heavy (non-hydrogen) atoms. The maximum absolute atomic E-state index is 12.5. The van der Waals surface area contributed by atoms with Gasteiger partial charge in [0.05, 0.1) is 6.10 Å². The van der Waals surface area contributed by atoms with E-state index in [1.807, 2.05) is 6.92 Å². The summed E-state index contributed by atoms with van der Waals surface area (Å²) in [7, 11) is 0. The highest BCUT2D eigenvalue weighted by atomic mass is 16.6. The van der Waals surface area contributed by atoms with E-state index in [2.05, 4.69) is 13.8 Å². The van der Waals surface area contributed by atoms with Crippen molar-refractivity contribution in [2.24, 2.45) is 16.7 Å². The van der Waals surface area contributed by atoms with Gasteiger partial charge in [-0.3, -0.25) is 0 Å². The molecular weight excluding hydrogens is 372 g/mol. The Morgan fingerprint density at radius 3 is 2.76 bits per heavy atom. The van der Waals surface area contributed by atoms with Crippen LogP contribution in [0.2, 0.25) is 0 Å². The summed E-state index contributed by atoms with van der Waals surface area (Å²) < 4.78 is 11.0. The van der Waals surface area contributed by atoms with E-state index in [0.717, 1.165) is 12.8 Å². The summed E-state index contributed by atoms with van der Waals surface area (Å²) in [5, 5.41) is 20.7. The molecule has 3 rings (SSSR count). The standard InChI is InChI=1S/C23H32O6/c1-15(24)9-6-5-7-10-18(25)29-17-13-16-14-28-20(26)23(16,27)22(4)12-8-11-21(2,3)19(17)22/h5-7,10,13,15,17,19,24,27H,8-9,11-12,14H2,1-4H3/b6-5+,10-7+/t15?,17-,19+,22+,23+/m1/s1. The Bertz CT molecular complexity index is 761. The van der Waals surface area contributed by atoms with Gasteiger partial charge in [-0.25, -0.2) is 9.59 Å². The SMILES string of the molecule is CC(O)C/C=C/C=C/C(=O)O[C@@H]1C=C2COC(=O)[C@]2(O)[C@@]2(C)CCCC(C)(C)[C@H]12. The van der Waals surface area contributed by atoms with Crippen LogP contribution in [0.1, 0.15) is 53.4 Å². The molecule has 5 atom stereocenters. The van der Waals surface area contributed by atoms with E-state index in [-0.39, 0.29) is 17.9 Å². The maximum atomic E-state index is 12.5. The highest BCUT2D eigenvalue weighted by Gasteiger charge is 2.69. The van der Waals surface area contributed by atoms with Crippen molar-refractivity contribution in [3.63, 3.8) is 0 Å². The van der Waals surface area contributed by atoms with Crippen LogP contribution in [0.3, 0.4) is 0 Å². The van der Waals surface area contributed by atoms with Crippen molar-refractivity contribution in [1.82, 2.24) is 0 Å². The van der Waals surface area contributed by atoms with Gasteiger partial charge in [0.2, 0.25) is 0 Å². The first-order valence-corrected chi connectivity index (χ1v) is 10.3. The van der Waals surface area contributed by atoms with Crippen molar-refractivity contribution in [2.75, 3.05) is 6.61 Å². The van der Waals surface area contributed by atoms with Crippen molar-refractivity contribution >= 4 is 11.9 Å². The Morgan fingerprint density at radius 2 is 2.07 bits per heavy atom. The zero-order valence-corrected chi connectivity index (χ0v) is 17.7. The molecule has 1 aliphatic heterocycles. The fourth-order valence-electron chi connectivity index (χ4n) is 5.61.